The van der Waals surface area contributed by atoms with Gasteiger partial charge in [-0.25, -0.2) is 4.79 Å². The molecule has 6 heteroatoms. The molecule has 1 saturated carbocycles. The van der Waals surface area contributed by atoms with Gasteiger partial charge in [-0.1, -0.05) is 0 Å². The zero-order valence-corrected chi connectivity index (χ0v) is 8.76. The molecule has 0 radical (unpaired) electrons. The Morgan fingerprint density at radius 2 is 2.31 bits per heavy atom. The highest BCUT2D eigenvalue weighted by Gasteiger charge is 2.74. The van der Waals surface area contributed by atoms with Crippen LogP contribution < -0.4 is 0 Å². The molecule has 0 N–H and O–H groups in total. The Hall–Kier alpha value is -1.59. The van der Waals surface area contributed by atoms with Gasteiger partial charge in [0.1, 0.15) is 0 Å². The van der Waals surface area contributed by atoms with Crippen molar-refractivity contribution in [2.75, 3.05) is 6.61 Å². The molecule has 3 aliphatic rings. The van der Waals surface area contributed by atoms with Crippen LogP contribution in [0.3, 0.4) is 0 Å². The number of carbonyl (C=O) groups excluding carboxylic acids is 3. The number of hydrogen-bond acceptors (Lipinski definition) is 5. The zero-order chi connectivity index (χ0) is 11.5. The number of esters is 2. The summed E-state index contributed by atoms with van der Waals surface area (Å²) in [4.78, 5) is 35.3. The van der Waals surface area contributed by atoms with E-state index >= 15 is 0 Å². The van der Waals surface area contributed by atoms with Gasteiger partial charge < -0.3 is 9.47 Å². The van der Waals surface area contributed by atoms with Crippen molar-refractivity contribution in [3.8, 4) is 0 Å². The number of cyclic esters (lactones) is 1. The van der Waals surface area contributed by atoms with Gasteiger partial charge in [0, 0.05) is 12.8 Å². The standard InChI is InChI=1S/C10H11NO5/c1-5(12)16-8-2-7(13)11(8)10-3-6(10)4-15-9(10)14/h6,8H,2-4H2,1H3. The molecule has 1 aliphatic carbocycles. The van der Waals surface area contributed by atoms with Crippen LogP contribution >= 0.6 is 0 Å². The Bertz CT molecular complexity index is 406. The first-order chi connectivity index (χ1) is 7.55. The lowest BCUT2D eigenvalue weighted by Crippen LogP contribution is -2.62. The first-order valence-corrected chi connectivity index (χ1v) is 5.22. The van der Waals surface area contributed by atoms with Crippen LogP contribution in [0, 0.1) is 5.92 Å². The van der Waals surface area contributed by atoms with Gasteiger partial charge in [0.25, 0.3) is 0 Å². The molecule has 1 amide bonds. The lowest BCUT2D eigenvalue weighted by atomic mass is 10.0. The summed E-state index contributed by atoms with van der Waals surface area (Å²) >= 11 is 0. The molecule has 0 aromatic heterocycles. The number of β-lactam (4-membered cyclic amide) rings is 1. The summed E-state index contributed by atoms with van der Waals surface area (Å²) < 4.78 is 9.88. The summed E-state index contributed by atoms with van der Waals surface area (Å²) in [6.07, 6.45) is 0.220. The minimum atomic E-state index is -0.810. The van der Waals surface area contributed by atoms with Gasteiger partial charge in [-0.15, -0.1) is 0 Å². The van der Waals surface area contributed by atoms with Gasteiger partial charge >= 0.3 is 11.9 Å². The van der Waals surface area contributed by atoms with Crippen molar-refractivity contribution in [2.24, 2.45) is 5.92 Å². The minimum absolute atomic E-state index is 0.0855. The summed E-state index contributed by atoms with van der Waals surface area (Å²) in [6.45, 7) is 1.66. The molecule has 2 saturated heterocycles. The Labute approximate surface area is 91.5 Å². The van der Waals surface area contributed by atoms with Crippen LogP contribution in [0.2, 0.25) is 0 Å². The predicted molar refractivity (Wildman–Crippen MR) is 48.8 cm³/mol. The maximum atomic E-state index is 11.6. The van der Waals surface area contributed by atoms with Crippen molar-refractivity contribution in [2.45, 2.75) is 31.5 Å². The SMILES string of the molecule is CC(=O)OC1CC(=O)N1C12CC1COC2=O. The number of fused-ring (bicyclic) bond motifs is 1. The second-order valence-corrected chi connectivity index (χ2v) is 4.46. The van der Waals surface area contributed by atoms with Gasteiger partial charge in [-0.3, -0.25) is 14.5 Å². The Balaban J connectivity index is 1.81. The van der Waals surface area contributed by atoms with Crippen molar-refractivity contribution < 1.29 is 23.9 Å². The van der Waals surface area contributed by atoms with Crippen molar-refractivity contribution in [1.29, 1.82) is 0 Å². The average Bonchev–Trinajstić information content (AvgIpc) is 2.80. The van der Waals surface area contributed by atoms with E-state index in [4.69, 9.17) is 9.47 Å². The molecule has 0 aromatic carbocycles. The van der Waals surface area contributed by atoms with Crippen LogP contribution in [-0.2, 0) is 23.9 Å². The monoisotopic (exact) mass is 225 g/mol. The number of carbonyl (C=O) groups is 3. The summed E-state index contributed by atoms with van der Waals surface area (Å²) in [5.41, 5.74) is -0.810. The number of ether oxygens (including phenoxy) is 2. The normalized spacial score (nSPS) is 39.9. The van der Waals surface area contributed by atoms with Crippen LogP contribution in [0.4, 0.5) is 0 Å². The largest absolute Gasteiger partial charge is 0.464 e. The molecule has 3 unspecified atom stereocenters. The van der Waals surface area contributed by atoms with E-state index in [-0.39, 0.29) is 24.2 Å². The Kier molecular flexibility index (Phi) is 1.65. The lowest BCUT2D eigenvalue weighted by molar-refractivity contribution is -0.194. The fraction of sp³-hybridized carbons (Fsp3) is 0.700. The molecule has 0 bridgehead atoms. The van der Waals surface area contributed by atoms with E-state index in [1.54, 1.807) is 0 Å². The molecule has 2 heterocycles. The smallest absolute Gasteiger partial charge is 0.332 e. The van der Waals surface area contributed by atoms with Crippen LogP contribution in [0.5, 0.6) is 0 Å². The fourth-order valence-electron chi connectivity index (χ4n) is 2.61. The lowest BCUT2D eigenvalue weighted by Gasteiger charge is -2.42. The van der Waals surface area contributed by atoms with Gasteiger partial charge in [-0.2, -0.15) is 0 Å². The average molecular weight is 225 g/mol. The van der Waals surface area contributed by atoms with E-state index in [1.807, 2.05) is 0 Å². The molecule has 2 aliphatic heterocycles. The summed E-state index contributed by atoms with van der Waals surface area (Å²) in [5, 5.41) is 0. The molecule has 3 rings (SSSR count). The second-order valence-electron chi connectivity index (χ2n) is 4.46. The number of nitrogens with zero attached hydrogens (tertiary/aromatic N) is 1. The molecule has 0 spiro atoms. The van der Waals surface area contributed by atoms with E-state index in [9.17, 15) is 14.4 Å². The highest BCUT2D eigenvalue weighted by Crippen LogP contribution is 2.56. The highest BCUT2D eigenvalue weighted by atomic mass is 16.6. The van der Waals surface area contributed by atoms with Crippen molar-refractivity contribution >= 4 is 17.8 Å². The number of rotatable bonds is 2. The third kappa shape index (κ3) is 0.989. The van der Waals surface area contributed by atoms with E-state index in [0.717, 1.165) is 0 Å². The van der Waals surface area contributed by atoms with Crippen molar-refractivity contribution in [1.82, 2.24) is 4.90 Å². The molecule has 0 aromatic rings. The molecular formula is C10H11NO5. The second kappa shape index (κ2) is 2.75. The number of hydrogen-bond donors (Lipinski definition) is 0. The summed E-state index contributed by atoms with van der Waals surface area (Å²) in [6, 6.07) is 0. The zero-order valence-electron chi connectivity index (χ0n) is 8.76. The van der Waals surface area contributed by atoms with Crippen LogP contribution in [0.1, 0.15) is 19.8 Å². The minimum Gasteiger partial charge on any atom is -0.464 e. The number of likely N-dealkylation sites (tertiary alicyclic amines) is 1. The summed E-state index contributed by atoms with van der Waals surface area (Å²) in [5.74, 6) is -0.861. The summed E-state index contributed by atoms with van der Waals surface area (Å²) in [7, 11) is 0. The van der Waals surface area contributed by atoms with Crippen LogP contribution in [0.15, 0.2) is 0 Å². The molecular weight excluding hydrogens is 214 g/mol. The van der Waals surface area contributed by atoms with Gasteiger partial charge in [0.2, 0.25) is 5.91 Å². The molecule has 16 heavy (non-hydrogen) atoms. The van der Waals surface area contributed by atoms with Gasteiger partial charge in [0.05, 0.1) is 13.0 Å². The Morgan fingerprint density at radius 1 is 1.56 bits per heavy atom. The van der Waals surface area contributed by atoms with E-state index in [2.05, 4.69) is 0 Å². The highest BCUT2D eigenvalue weighted by molar-refractivity contribution is 5.96. The quantitative estimate of drug-likeness (QED) is 0.464. The molecule has 3 fully saturated rings. The van der Waals surface area contributed by atoms with E-state index in [0.29, 0.717) is 13.0 Å². The molecule has 3 atom stereocenters. The fourth-order valence-corrected chi connectivity index (χ4v) is 2.61. The topological polar surface area (TPSA) is 72.9 Å². The first-order valence-electron chi connectivity index (χ1n) is 5.22. The third-order valence-electron chi connectivity index (χ3n) is 3.48. The third-order valence-corrected chi connectivity index (χ3v) is 3.48. The van der Waals surface area contributed by atoms with Crippen LogP contribution in [0.25, 0.3) is 0 Å². The van der Waals surface area contributed by atoms with E-state index in [1.165, 1.54) is 11.8 Å². The van der Waals surface area contributed by atoms with E-state index < -0.39 is 17.7 Å². The molecule has 86 valence electrons. The molecule has 6 nitrogen and oxygen atoms in total. The van der Waals surface area contributed by atoms with Crippen LogP contribution in [-0.4, -0.2) is 41.1 Å². The maximum absolute atomic E-state index is 11.6. The van der Waals surface area contributed by atoms with Crippen molar-refractivity contribution in [3.63, 3.8) is 0 Å². The Morgan fingerprint density at radius 3 is 2.75 bits per heavy atom. The van der Waals surface area contributed by atoms with Gasteiger partial charge in [0.15, 0.2) is 11.8 Å². The predicted octanol–water partition coefficient (Wildman–Crippen LogP) is -0.577. The van der Waals surface area contributed by atoms with Crippen molar-refractivity contribution in [3.05, 3.63) is 0 Å². The maximum Gasteiger partial charge on any atom is 0.332 e. The number of amides is 1. The van der Waals surface area contributed by atoms with Gasteiger partial charge in [-0.05, 0) is 6.42 Å². The first kappa shape index (κ1) is 9.62.